The molecule has 0 spiro atoms. The summed E-state index contributed by atoms with van der Waals surface area (Å²) in [5, 5.41) is 10.5. The van der Waals surface area contributed by atoms with Gasteiger partial charge in [-0.1, -0.05) is 0 Å². The van der Waals surface area contributed by atoms with Crippen molar-refractivity contribution < 1.29 is 14.2 Å². The minimum Gasteiger partial charge on any atom is -0.496 e. The zero-order chi connectivity index (χ0) is 14.9. The van der Waals surface area contributed by atoms with Gasteiger partial charge in [0.2, 0.25) is 0 Å². The number of hydrogen-bond acceptors (Lipinski definition) is 3. The van der Waals surface area contributed by atoms with Crippen LogP contribution in [0, 0.1) is 19.7 Å². The number of aryl methyl sites for hydroxylation is 2. The molecule has 0 heterocycles. The molecule has 0 fully saturated rings. The molecule has 4 heteroatoms. The smallest absolute Gasteiger partial charge is 0.123 e. The molecule has 2 aromatic carbocycles. The molecule has 0 bridgehead atoms. The van der Waals surface area contributed by atoms with E-state index in [1.165, 1.54) is 18.2 Å². The number of aliphatic hydroxyl groups is 1. The van der Waals surface area contributed by atoms with Gasteiger partial charge < -0.3 is 15.6 Å². The maximum Gasteiger partial charge on any atom is 0.123 e. The minimum absolute atomic E-state index is 0.367. The number of benzene rings is 2. The first-order chi connectivity index (χ1) is 9.43. The molecule has 0 amide bonds. The lowest BCUT2D eigenvalue weighted by molar-refractivity contribution is 0.219. The van der Waals surface area contributed by atoms with Crippen LogP contribution in [0.3, 0.4) is 0 Å². The van der Waals surface area contributed by atoms with Gasteiger partial charge in [0.25, 0.3) is 0 Å². The number of ether oxygens (including phenoxy) is 1. The van der Waals surface area contributed by atoms with Gasteiger partial charge in [0, 0.05) is 11.3 Å². The van der Waals surface area contributed by atoms with Gasteiger partial charge >= 0.3 is 0 Å². The Bertz CT molecular complexity index is 641. The van der Waals surface area contributed by atoms with E-state index in [-0.39, 0.29) is 0 Å². The Morgan fingerprint density at radius 3 is 2.45 bits per heavy atom. The molecule has 106 valence electrons. The van der Waals surface area contributed by atoms with Crippen molar-refractivity contribution in [2.75, 3.05) is 12.8 Å². The van der Waals surface area contributed by atoms with Crippen molar-refractivity contribution >= 4 is 5.69 Å². The number of aliphatic hydroxyl groups excluding tert-OH is 1. The molecule has 20 heavy (non-hydrogen) atoms. The predicted molar refractivity (Wildman–Crippen MR) is 77.3 cm³/mol. The molecule has 0 aliphatic heterocycles. The van der Waals surface area contributed by atoms with Gasteiger partial charge in [-0.2, -0.15) is 0 Å². The number of hydrogen-bond donors (Lipinski definition) is 2. The molecule has 0 aliphatic rings. The maximum atomic E-state index is 13.3. The molecular weight excluding hydrogens is 257 g/mol. The number of halogens is 1. The SMILES string of the molecule is COc1cc(C)c(C(O)c2cc(F)ccc2N)cc1C. The van der Waals surface area contributed by atoms with Crippen LogP contribution in [0.2, 0.25) is 0 Å². The van der Waals surface area contributed by atoms with Crippen LogP contribution in [0.25, 0.3) is 0 Å². The highest BCUT2D eigenvalue weighted by molar-refractivity contribution is 5.53. The molecule has 3 nitrogen and oxygen atoms in total. The van der Waals surface area contributed by atoms with Crippen molar-refractivity contribution in [2.24, 2.45) is 0 Å². The summed E-state index contributed by atoms with van der Waals surface area (Å²) in [6, 6.07) is 7.68. The summed E-state index contributed by atoms with van der Waals surface area (Å²) in [4.78, 5) is 0. The summed E-state index contributed by atoms with van der Waals surface area (Å²) in [5.41, 5.74) is 9.02. The van der Waals surface area contributed by atoms with Gasteiger partial charge in [-0.3, -0.25) is 0 Å². The molecule has 0 saturated carbocycles. The summed E-state index contributed by atoms with van der Waals surface area (Å²) in [5.74, 6) is 0.335. The Kier molecular flexibility index (Phi) is 3.95. The van der Waals surface area contributed by atoms with E-state index < -0.39 is 11.9 Å². The second-order valence-corrected chi connectivity index (χ2v) is 4.85. The normalized spacial score (nSPS) is 12.2. The van der Waals surface area contributed by atoms with Crippen LogP contribution < -0.4 is 10.5 Å². The molecule has 0 aliphatic carbocycles. The number of rotatable bonds is 3. The molecular formula is C16H18FNO2. The Morgan fingerprint density at radius 2 is 1.80 bits per heavy atom. The van der Waals surface area contributed by atoms with Crippen LogP contribution in [-0.2, 0) is 0 Å². The summed E-state index contributed by atoms with van der Waals surface area (Å²) in [6.45, 7) is 3.76. The van der Waals surface area contributed by atoms with Gasteiger partial charge in [-0.25, -0.2) is 4.39 Å². The first-order valence-corrected chi connectivity index (χ1v) is 6.32. The lowest BCUT2D eigenvalue weighted by atomic mass is 9.94. The van der Waals surface area contributed by atoms with E-state index in [1.54, 1.807) is 7.11 Å². The standard InChI is InChI=1S/C16H18FNO2/c1-9-7-15(20-3)10(2)6-12(9)16(19)13-8-11(17)4-5-14(13)18/h4-8,16,19H,18H2,1-3H3. The number of anilines is 1. The number of nitrogens with two attached hydrogens (primary N) is 1. The van der Waals surface area contributed by atoms with Crippen LogP contribution in [0.5, 0.6) is 5.75 Å². The fourth-order valence-corrected chi connectivity index (χ4v) is 2.28. The highest BCUT2D eigenvalue weighted by Crippen LogP contribution is 2.32. The van der Waals surface area contributed by atoms with E-state index in [0.717, 1.165) is 16.9 Å². The van der Waals surface area contributed by atoms with E-state index in [1.807, 2.05) is 26.0 Å². The summed E-state index contributed by atoms with van der Waals surface area (Å²) in [7, 11) is 1.60. The highest BCUT2D eigenvalue weighted by atomic mass is 19.1. The third-order valence-corrected chi connectivity index (χ3v) is 3.42. The third-order valence-electron chi connectivity index (χ3n) is 3.42. The second-order valence-electron chi connectivity index (χ2n) is 4.85. The molecule has 2 aromatic rings. The molecule has 2 rings (SSSR count). The topological polar surface area (TPSA) is 55.5 Å². The van der Waals surface area contributed by atoms with Crippen LogP contribution in [0.15, 0.2) is 30.3 Å². The summed E-state index contributed by atoms with van der Waals surface area (Å²) in [6.07, 6.45) is -0.963. The maximum absolute atomic E-state index is 13.3. The highest BCUT2D eigenvalue weighted by Gasteiger charge is 2.18. The lowest BCUT2D eigenvalue weighted by Crippen LogP contribution is -2.07. The van der Waals surface area contributed by atoms with Crippen LogP contribution in [-0.4, -0.2) is 12.2 Å². The van der Waals surface area contributed by atoms with Crippen molar-refractivity contribution in [3.63, 3.8) is 0 Å². The second kappa shape index (κ2) is 5.51. The lowest BCUT2D eigenvalue weighted by Gasteiger charge is -2.18. The fraction of sp³-hybridized carbons (Fsp3) is 0.250. The molecule has 1 unspecified atom stereocenters. The van der Waals surface area contributed by atoms with Crippen molar-refractivity contribution in [3.05, 3.63) is 58.4 Å². The number of methoxy groups -OCH3 is 1. The van der Waals surface area contributed by atoms with Crippen LogP contribution >= 0.6 is 0 Å². The van der Waals surface area contributed by atoms with E-state index in [0.29, 0.717) is 16.8 Å². The average molecular weight is 275 g/mol. The minimum atomic E-state index is -0.963. The van der Waals surface area contributed by atoms with Crippen molar-refractivity contribution in [3.8, 4) is 5.75 Å². The molecule has 3 N–H and O–H groups in total. The van der Waals surface area contributed by atoms with Gasteiger partial charge in [-0.05, 0) is 60.9 Å². The zero-order valence-corrected chi connectivity index (χ0v) is 11.8. The van der Waals surface area contributed by atoms with Crippen molar-refractivity contribution in [1.82, 2.24) is 0 Å². The van der Waals surface area contributed by atoms with Gasteiger partial charge in [0.1, 0.15) is 17.7 Å². The largest absolute Gasteiger partial charge is 0.496 e. The third kappa shape index (κ3) is 2.60. The predicted octanol–water partition coefficient (Wildman–Crippen LogP) is 3.12. The van der Waals surface area contributed by atoms with Gasteiger partial charge in [0.05, 0.1) is 7.11 Å². The van der Waals surface area contributed by atoms with Gasteiger partial charge in [0.15, 0.2) is 0 Å². The quantitative estimate of drug-likeness (QED) is 0.846. The Hall–Kier alpha value is -2.07. The average Bonchev–Trinajstić information content (AvgIpc) is 2.42. The van der Waals surface area contributed by atoms with Crippen molar-refractivity contribution in [1.29, 1.82) is 0 Å². The number of nitrogen functional groups attached to an aromatic ring is 1. The Labute approximate surface area is 117 Å². The Balaban J connectivity index is 2.50. The first kappa shape index (κ1) is 14.3. The molecule has 0 aromatic heterocycles. The Morgan fingerprint density at radius 1 is 1.10 bits per heavy atom. The summed E-state index contributed by atoms with van der Waals surface area (Å²) >= 11 is 0. The molecule has 0 radical (unpaired) electrons. The van der Waals surface area contributed by atoms with E-state index >= 15 is 0 Å². The zero-order valence-electron chi connectivity index (χ0n) is 11.8. The molecule has 0 saturated heterocycles. The fourth-order valence-electron chi connectivity index (χ4n) is 2.28. The summed E-state index contributed by atoms with van der Waals surface area (Å²) < 4.78 is 18.6. The van der Waals surface area contributed by atoms with Crippen LogP contribution in [0.1, 0.15) is 28.4 Å². The van der Waals surface area contributed by atoms with Crippen molar-refractivity contribution in [2.45, 2.75) is 20.0 Å². The van der Waals surface area contributed by atoms with E-state index in [2.05, 4.69) is 0 Å². The van der Waals surface area contributed by atoms with E-state index in [9.17, 15) is 9.50 Å². The first-order valence-electron chi connectivity index (χ1n) is 6.32. The van der Waals surface area contributed by atoms with Crippen LogP contribution in [0.4, 0.5) is 10.1 Å². The van der Waals surface area contributed by atoms with E-state index in [4.69, 9.17) is 10.5 Å². The monoisotopic (exact) mass is 275 g/mol. The molecule has 1 atom stereocenters. The van der Waals surface area contributed by atoms with Gasteiger partial charge in [-0.15, -0.1) is 0 Å².